The molecule has 1 aliphatic heterocycles. The van der Waals surface area contributed by atoms with Gasteiger partial charge in [-0.05, 0) is 0 Å². The molecule has 7 heteroatoms. The van der Waals surface area contributed by atoms with Gasteiger partial charge < -0.3 is 10.1 Å². The summed E-state index contributed by atoms with van der Waals surface area (Å²) in [6, 6.07) is 0. The first kappa shape index (κ1) is 13.8. The van der Waals surface area contributed by atoms with Crippen molar-refractivity contribution in [2.75, 3.05) is 26.3 Å². The number of hydrogen-bond acceptors (Lipinski definition) is 4. The Morgan fingerprint density at radius 3 is 2.74 bits per heavy atom. The van der Waals surface area contributed by atoms with Crippen molar-refractivity contribution in [2.24, 2.45) is 7.05 Å². The smallest absolute Gasteiger partial charge is 0.269 e. The fraction of sp³-hybridized carbons (Fsp3) is 0.667. The number of aromatic amines is 1. The van der Waals surface area contributed by atoms with Crippen LogP contribution in [0, 0.1) is 0 Å². The molecule has 0 unspecified atom stereocenters. The van der Waals surface area contributed by atoms with Crippen molar-refractivity contribution in [1.29, 1.82) is 0 Å². The Hall–Kier alpha value is -1.60. The third-order valence-electron chi connectivity index (χ3n) is 3.29. The minimum Gasteiger partial charge on any atom is -0.379 e. The molecule has 0 saturated carbocycles. The zero-order valence-electron chi connectivity index (χ0n) is 11.4. The van der Waals surface area contributed by atoms with Gasteiger partial charge in [0.25, 0.3) is 5.56 Å². The van der Waals surface area contributed by atoms with Gasteiger partial charge in [-0.1, -0.05) is 0 Å². The van der Waals surface area contributed by atoms with E-state index in [0.29, 0.717) is 12.1 Å². The molecular weight excluding hydrogens is 248 g/mol. The molecule has 2 N–H and O–H groups in total. The predicted octanol–water partition coefficient (Wildman–Crippen LogP) is -0.818. The number of ether oxygens (including phenoxy) is 1. The van der Waals surface area contributed by atoms with Crippen molar-refractivity contribution in [2.45, 2.75) is 20.0 Å². The number of nitrogens with one attached hydrogen (secondary N) is 2. The van der Waals surface area contributed by atoms with E-state index in [1.807, 2.05) is 7.05 Å². The second kappa shape index (κ2) is 6.03. The number of amides is 1. The number of H-pyrrole nitrogens is 1. The average Bonchev–Trinajstić information content (AvgIpc) is 2.63. The van der Waals surface area contributed by atoms with Crippen LogP contribution >= 0.6 is 0 Å². The molecule has 19 heavy (non-hydrogen) atoms. The Bertz CT molecular complexity index is 500. The Balaban J connectivity index is 2.13. The van der Waals surface area contributed by atoms with E-state index in [1.54, 1.807) is 4.68 Å². The highest BCUT2D eigenvalue weighted by Gasteiger charge is 2.18. The van der Waals surface area contributed by atoms with Crippen LogP contribution in [0.3, 0.4) is 0 Å². The van der Waals surface area contributed by atoms with Crippen molar-refractivity contribution in [3.63, 3.8) is 0 Å². The lowest BCUT2D eigenvalue weighted by Crippen LogP contribution is -2.36. The number of aryl methyl sites for hydroxylation is 1. The van der Waals surface area contributed by atoms with Gasteiger partial charge in [0.15, 0.2) is 0 Å². The third-order valence-corrected chi connectivity index (χ3v) is 3.29. The molecule has 0 bridgehead atoms. The maximum atomic E-state index is 11.8. The van der Waals surface area contributed by atoms with Crippen molar-refractivity contribution in [3.05, 3.63) is 21.6 Å². The van der Waals surface area contributed by atoms with Crippen LogP contribution < -0.4 is 10.9 Å². The lowest BCUT2D eigenvalue weighted by atomic mass is 10.2. The molecule has 1 amide bonds. The molecule has 1 aliphatic rings. The minimum atomic E-state index is -0.139. The topological polar surface area (TPSA) is 79.4 Å². The van der Waals surface area contributed by atoms with Crippen LogP contribution in [0.5, 0.6) is 0 Å². The van der Waals surface area contributed by atoms with E-state index < -0.39 is 0 Å². The molecule has 106 valence electrons. The van der Waals surface area contributed by atoms with Crippen LogP contribution in [-0.2, 0) is 29.7 Å². The molecular formula is C12H20N4O3. The van der Waals surface area contributed by atoms with Crippen molar-refractivity contribution >= 4 is 5.91 Å². The van der Waals surface area contributed by atoms with E-state index >= 15 is 0 Å². The summed E-state index contributed by atoms with van der Waals surface area (Å²) < 4.78 is 7.04. The van der Waals surface area contributed by atoms with Crippen LogP contribution in [0.2, 0.25) is 0 Å². The first-order valence-corrected chi connectivity index (χ1v) is 6.39. The van der Waals surface area contributed by atoms with Gasteiger partial charge in [-0.15, -0.1) is 0 Å². The summed E-state index contributed by atoms with van der Waals surface area (Å²) >= 11 is 0. The highest BCUT2D eigenvalue weighted by molar-refractivity contribution is 5.72. The average molecular weight is 268 g/mol. The Morgan fingerprint density at radius 1 is 1.42 bits per heavy atom. The van der Waals surface area contributed by atoms with Crippen LogP contribution in [0.4, 0.5) is 0 Å². The minimum absolute atomic E-state index is 0.138. The van der Waals surface area contributed by atoms with Crippen LogP contribution in [-0.4, -0.2) is 46.9 Å². The summed E-state index contributed by atoms with van der Waals surface area (Å²) in [6.45, 7) is 5.56. The monoisotopic (exact) mass is 268 g/mol. The van der Waals surface area contributed by atoms with E-state index in [0.717, 1.165) is 32.0 Å². The van der Waals surface area contributed by atoms with Gasteiger partial charge in [-0.25, -0.2) is 0 Å². The summed E-state index contributed by atoms with van der Waals surface area (Å²) in [6.07, 6.45) is 0. The van der Waals surface area contributed by atoms with Crippen LogP contribution in [0.1, 0.15) is 18.2 Å². The van der Waals surface area contributed by atoms with E-state index in [2.05, 4.69) is 15.3 Å². The number of carbonyl (C=O) groups is 1. The van der Waals surface area contributed by atoms with Crippen LogP contribution in [0.15, 0.2) is 4.79 Å². The van der Waals surface area contributed by atoms with Gasteiger partial charge in [0.2, 0.25) is 5.91 Å². The number of nitrogens with zero attached hydrogens (tertiary/aromatic N) is 2. The van der Waals surface area contributed by atoms with Gasteiger partial charge in [-0.3, -0.25) is 24.3 Å². The lowest BCUT2D eigenvalue weighted by molar-refractivity contribution is -0.119. The fourth-order valence-corrected chi connectivity index (χ4v) is 2.19. The maximum Gasteiger partial charge on any atom is 0.269 e. The van der Waals surface area contributed by atoms with Gasteiger partial charge in [0.05, 0.1) is 31.0 Å². The number of hydrogen-bond donors (Lipinski definition) is 2. The van der Waals surface area contributed by atoms with Crippen molar-refractivity contribution in [1.82, 2.24) is 20.0 Å². The molecule has 0 aromatic carbocycles. The first-order valence-electron chi connectivity index (χ1n) is 6.39. The molecule has 0 aliphatic carbocycles. The molecule has 2 rings (SSSR count). The molecule has 7 nitrogen and oxygen atoms in total. The SMILES string of the molecule is CC(=O)NCc1c(CN2CCOCC2)n(C)[nH]c1=O. The summed E-state index contributed by atoms with van der Waals surface area (Å²) in [4.78, 5) is 25.1. The largest absolute Gasteiger partial charge is 0.379 e. The van der Waals surface area contributed by atoms with E-state index in [9.17, 15) is 9.59 Å². The van der Waals surface area contributed by atoms with Gasteiger partial charge in [-0.2, -0.15) is 0 Å². The van der Waals surface area contributed by atoms with Crippen molar-refractivity contribution < 1.29 is 9.53 Å². The zero-order valence-corrected chi connectivity index (χ0v) is 11.4. The third kappa shape index (κ3) is 3.45. The van der Waals surface area contributed by atoms with Crippen LogP contribution in [0.25, 0.3) is 0 Å². The second-order valence-electron chi connectivity index (χ2n) is 4.72. The van der Waals surface area contributed by atoms with Gasteiger partial charge in [0, 0.05) is 33.6 Å². The highest BCUT2D eigenvalue weighted by Crippen LogP contribution is 2.09. The second-order valence-corrected chi connectivity index (χ2v) is 4.72. The van der Waals surface area contributed by atoms with E-state index in [-0.39, 0.29) is 18.0 Å². The quantitative estimate of drug-likeness (QED) is 0.748. The number of carbonyl (C=O) groups excluding carboxylic acids is 1. The standard InChI is InChI=1S/C12H20N4O3/c1-9(17)13-7-10-11(15(2)14-12(10)18)8-16-3-5-19-6-4-16/h3-8H2,1-2H3,(H,13,17)(H,14,18). The summed E-state index contributed by atoms with van der Waals surface area (Å²) in [5.74, 6) is -0.138. The van der Waals surface area contributed by atoms with Gasteiger partial charge in [0.1, 0.15) is 0 Å². The molecule has 0 atom stereocenters. The molecule has 1 fully saturated rings. The fourth-order valence-electron chi connectivity index (χ4n) is 2.19. The molecule has 1 aromatic rings. The highest BCUT2D eigenvalue weighted by atomic mass is 16.5. The molecule has 2 heterocycles. The molecule has 0 spiro atoms. The Morgan fingerprint density at radius 2 is 2.11 bits per heavy atom. The molecule has 1 aromatic heterocycles. The zero-order chi connectivity index (χ0) is 13.8. The Labute approximate surface area is 111 Å². The van der Waals surface area contributed by atoms with Crippen molar-refractivity contribution in [3.8, 4) is 0 Å². The first-order chi connectivity index (χ1) is 9.08. The Kier molecular flexibility index (Phi) is 4.39. The molecule has 1 saturated heterocycles. The summed E-state index contributed by atoms with van der Waals surface area (Å²) in [7, 11) is 1.81. The number of aromatic nitrogens is 2. The number of rotatable bonds is 4. The van der Waals surface area contributed by atoms with E-state index in [4.69, 9.17) is 4.74 Å². The summed E-state index contributed by atoms with van der Waals surface area (Å²) in [5.41, 5.74) is 1.41. The predicted molar refractivity (Wildman–Crippen MR) is 69.7 cm³/mol. The summed E-state index contributed by atoms with van der Waals surface area (Å²) in [5, 5.41) is 5.42. The normalized spacial score (nSPS) is 16.5. The lowest BCUT2D eigenvalue weighted by Gasteiger charge is -2.26. The molecule has 0 radical (unpaired) electrons. The number of morpholine rings is 1. The van der Waals surface area contributed by atoms with E-state index in [1.165, 1.54) is 6.92 Å². The maximum absolute atomic E-state index is 11.8. The van der Waals surface area contributed by atoms with Gasteiger partial charge >= 0.3 is 0 Å².